The molecule has 4 aromatic rings. The predicted octanol–water partition coefficient (Wildman–Crippen LogP) is 3.53. The molecule has 2 aromatic heterocycles. The van der Waals surface area contributed by atoms with Gasteiger partial charge in [-0.15, -0.1) is 0 Å². The quantitative estimate of drug-likeness (QED) is 0.425. The molecule has 0 amide bonds. The minimum absolute atomic E-state index is 0.870. The molecule has 0 aliphatic rings. The van der Waals surface area contributed by atoms with Gasteiger partial charge in [-0.05, 0) is 24.3 Å². The molecule has 0 fully saturated rings. The summed E-state index contributed by atoms with van der Waals surface area (Å²) in [6.07, 6.45) is 1.67. The Morgan fingerprint density at radius 1 is 0.824 bits per heavy atom. The predicted molar refractivity (Wildman–Crippen MR) is 66.8 cm³/mol. The molecule has 2 heterocycles. The minimum atomic E-state index is 0.870. The molecular weight excluding hydrogens is 212 g/mol. The van der Waals surface area contributed by atoms with E-state index in [4.69, 9.17) is 4.52 Å². The molecule has 0 radical (unpaired) electrons. The second-order valence-electron chi connectivity index (χ2n) is 4.06. The Labute approximate surface area is 96.7 Å². The standard InChI is InChI=1S/C14H8N2O/c1-2-4-12-9(3-1)7-10-11-8-17-16-14(11)6-5-13(10)15-12/h1-8H. The monoisotopic (exact) mass is 220 g/mol. The van der Waals surface area contributed by atoms with Crippen molar-refractivity contribution in [1.82, 2.24) is 10.1 Å². The Kier molecular flexibility index (Phi) is 1.56. The number of nitrogens with zero attached hydrogens (tertiary/aromatic N) is 2. The molecule has 0 saturated carbocycles. The van der Waals surface area contributed by atoms with E-state index in [2.05, 4.69) is 22.3 Å². The van der Waals surface area contributed by atoms with Crippen molar-refractivity contribution in [3.8, 4) is 0 Å². The van der Waals surface area contributed by atoms with Crippen LogP contribution >= 0.6 is 0 Å². The van der Waals surface area contributed by atoms with Gasteiger partial charge in [-0.2, -0.15) is 0 Å². The van der Waals surface area contributed by atoms with E-state index in [1.54, 1.807) is 6.26 Å². The van der Waals surface area contributed by atoms with Crippen LogP contribution in [0.4, 0.5) is 0 Å². The van der Waals surface area contributed by atoms with Crippen molar-refractivity contribution < 1.29 is 4.52 Å². The van der Waals surface area contributed by atoms with Crippen molar-refractivity contribution in [3.05, 3.63) is 48.7 Å². The Hall–Kier alpha value is -2.42. The van der Waals surface area contributed by atoms with Crippen LogP contribution in [0.5, 0.6) is 0 Å². The highest BCUT2D eigenvalue weighted by Crippen LogP contribution is 2.26. The maximum absolute atomic E-state index is 5.01. The highest BCUT2D eigenvalue weighted by Gasteiger charge is 2.06. The number of hydrogen-bond donors (Lipinski definition) is 0. The highest BCUT2D eigenvalue weighted by atomic mass is 16.5. The van der Waals surface area contributed by atoms with Gasteiger partial charge in [-0.1, -0.05) is 23.4 Å². The number of pyridine rings is 1. The zero-order chi connectivity index (χ0) is 11.2. The van der Waals surface area contributed by atoms with Crippen molar-refractivity contribution in [2.45, 2.75) is 0 Å². The number of para-hydroxylation sites is 1. The molecule has 2 aromatic carbocycles. The summed E-state index contributed by atoms with van der Waals surface area (Å²) in [6.45, 7) is 0. The third-order valence-corrected chi connectivity index (χ3v) is 3.04. The Morgan fingerprint density at radius 2 is 1.71 bits per heavy atom. The summed E-state index contributed by atoms with van der Waals surface area (Å²) in [5.41, 5.74) is 2.85. The summed E-state index contributed by atoms with van der Waals surface area (Å²) in [7, 11) is 0. The number of rotatable bonds is 0. The van der Waals surface area contributed by atoms with E-state index in [0.717, 1.165) is 32.7 Å². The molecule has 0 saturated heterocycles. The van der Waals surface area contributed by atoms with Crippen LogP contribution in [0.3, 0.4) is 0 Å². The lowest BCUT2D eigenvalue weighted by Gasteiger charge is -2.01. The van der Waals surface area contributed by atoms with Crippen LogP contribution in [0.1, 0.15) is 0 Å². The van der Waals surface area contributed by atoms with E-state index >= 15 is 0 Å². The smallest absolute Gasteiger partial charge is 0.132 e. The summed E-state index contributed by atoms with van der Waals surface area (Å²) in [5, 5.41) is 7.18. The molecular formula is C14H8N2O. The SMILES string of the molecule is c1ccc2nc3ccc4nocc4c3cc2c1. The first kappa shape index (κ1) is 8.70. The Morgan fingerprint density at radius 3 is 2.71 bits per heavy atom. The summed E-state index contributed by atoms with van der Waals surface area (Å²) in [6, 6.07) is 14.1. The molecule has 4 rings (SSSR count). The molecule has 0 atom stereocenters. The summed E-state index contributed by atoms with van der Waals surface area (Å²) >= 11 is 0. The first-order valence-electron chi connectivity index (χ1n) is 5.44. The van der Waals surface area contributed by atoms with E-state index in [1.807, 2.05) is 30.3 Å². The van der Waals surface area contributed by atoms with Gasteiger partial charge in [-0.25, -0.2) is 4.98 Å². The van der Waals surface area contributed by atoms with Gasteiger partial charge in [0.1, 0.15) is 11.8 Å². The van der Waals surface area contributed by atoms with Crippen LogP contribution in [0.15, 0.2) is 53.3 Å². The van der Waals surface area contributed by atoms with Crippen LogP contribution in [0.2, 0.25) is 0 Å². The summed E-state index contributed by atoms with van der Waals surface area (Å²) in [4.78, 5) is 4.64. The fourth-order valence-corrected chi connectivity index (χ4v) is 2.20. The fraction of sp³-hybridized carbons (Fsp3) is 0. The van der Waals surface area contributed by atoms with Gasteiger partial charge in [0.25, 0.3) is 0 Å². The van der Waals surface area contributed by atoms with Crippen LogP contribution in [0, 0.1) is 0 Å². The third kappa shape index (κ3) is 1.16. The third-order valence-electron chi connectivity index (χ3n) is 3.04. The van der Waals surface area contributed by atoms with Crippen molar-refractivity contribution in [1.29, 1.82) is 0 Å². The van der Waals surface area contributed by atoms with Crippen molar-refractivity contribution in [3.63, 3.8) is 0 Å². The average Bonchev–Trinajstić information content (AvgIpc) is 2.85. The van der Waals surface area contributed by atoms with Crippen LogP contribution in [-0.2, 0) is 0 Å². The lowest BCUT2D eigenvalue weighted by molar-refractivity contribution is 0.428. The van der Waals surface area contributed by atoms with Gasteiger partial charge in [0.15, 0.2) is 0 Å². The number of hydrogen-bond acceptors (Lipinski definition) is 3. The largest absolute Gasteiger partial charge is 0.363 e. The molecule has 17 heavy (non-hydrogen) atoms. The summed E-state index contributed by atoms with van der Waals surface area (Å²) in [5.74, 6) is 0. The fourth-order valence-electron chi connectivity index (χ4n) is 2.20. The summed E-state index contributed by atoms with van der Waals surface area (Å²) < 4.78 is 5.01. The van der Waals surface area contributed by atoms with Gasteiger partial charge in [0, 0.05) is 10.8 Å². The minimum Gasteiger partial charge on any atom is -0.363 e. The molecule has 3 heteroatoms. The molecule has 0 spiro atoms. The zero-order valence-corrected chi connectivity index (χ0v) is 8.92. The van der Waals surface area contributed by atoms with Gasteiger partial charge >= 0.3 is 0 Å². The number of benzene rings is 2. The van der Waals surface area contributed by atoms with Crippen molar-refractivity contribution >= 4 is 32.7 Å². The van der Waals surface area contributed by atoms with E-state index in [0.29, 0.717) is 0 Å². The van der Waals surface area contributed by atoms with Crippen molar-refractivity contribution in [2.24, 2.45) is 0 Å². The lowest BCUT2D eigenvalue weighted by atomic mass is 10.1. The van der Waals surface area contributed by atoms with E-state index in [-0.39, 0.29) is 0 Å². The normalized spacial score (nSPS) is 11.5. The van der Waals surface area contributed by atoms with Gasteiger partial charge in [-0.3, -0.25) is 0 Å². The first-order valence-corrected chi connectivity index (χ1v) is 5.44. The van der Waals surface area contributed by atoms with Gasteiger partial charge in [0.2, 0.25) is 0 Å². The van der Waals surface area contributed by atoms with Crippen molar-refractivity contribution in [2.75, 3.05) is 0 Å². The average molecular weight is 220 g/mol. The second kappa shape index (κ2) is 3.04. The van der Waals surface area contributed by atoms with Gasteiger partial charge in [0.05, 0.1) is 16.4 Å². The number of fused-ring (bicyclic) bond motifs is 4. The molecule has 0 aliphatic heterocycles. The van der Waals surface area contributed by atoms with E-state index in [1.165, 1.54) is 0 Å². The topological polar surface area (TPSA) is 38.9 Å². The Balaban J connectivity index is 2.29. The lowest BCUT2D eigenvalue weighted by Crippen LogP contribution is -1.82. The second-order valence-corrected chi connectivity index (χ2v) is 4.06. The molecule has 80 valence electrons. The molecule has 3 nitrogen and oxygen atoms in total. The molecule has 0 bridgehead atoms. The Bertz CT molecular complexity index is 848. The maximum Gasteiger partial charge on any atom is 0.132 e. The van der Waals surface area contributed by atoms with Crippen LogP contribution in [-0.4, -0.2) is 10.1 Å². The number of aromatic nitrogens is 2. The molecule has 0 unspecified atom stereocenters. The molecule has 0 N–H and O–H groups in total. The maximum atomic E-state index is 5.01. The zero-order valence-electron chi connectivity index (χ0n) is 8.92. The molecule has 0 aliphatic carbocycles. The highest BCUT2D eigenvalue weighted by molar-refractivity contribution is 6.07. The first-order chi connectivity index (χ1) is 8.42. The van der Waals surface area contributed by atoms with Crippen LogP contribution in [0.25, 0.3) is 32.7 Å². The van der Waals surface area contributed by atoms with Crippen LogP contribution < -0.4 is 0 Å². The van der Waals surface area contributed by atoms with Gasteiger partial charge < -0.3 is 4.52 Å². The van der Waals surface area contributed by atoms with E-state index in [9.17, 15) is 0 Å². The van der Waals surface area contributed by atoms with E-state index < -0.39 is 0 Å².